The van der Waals surface area contributed by atoms with Crippen LogP contribution in [0.3, 0.4) is 0 Å². The van der Waals surface area contributed by atoms with E-state index in [9.17, 15) is 0 Å². The number of H-pyrrole nitrogens is 1. The van der Waals surface area contributed by atoms with Gasteiger partial charge in [-0.05, 0) is 48.5 Å². The molecule has 5 rings (SSSR count). The fourth-order valence-corrected chi connectivity index (χ4v) is 4.13. The van der Waals surface area contributed by atoms with E-state index in [1.54, 1.807) is 18.9 Å². The number of hydrogen-bond donors (Lipinski definition) is 1. The summed E-state index contributed by atoms with van der Waals surface area (Å²) >= 11 is 1.60. The van der Waals surface area contributed by atoms with E-state index in [1.165, 1.54) is 0 Å². The molecule has 0 saturated carbocycles. The SMILES string of the molecule is COc1ccc(-c2nnc(SCc3nc4ccccc4[nH]3)n2-c2ccccc2)cc1. The largest absolute Gasteiger partial charge is 0.497 e. The summed E-state index contributed by atoms with van der Waals surface area (Å²) in [5, 5.41) is 9.79. The molecule has 5 aromatic rings. The fraction of sp³-hybridized carbons (Fsp3) is 0.0870. The smallest absolute Gasteiger partial charge is 0.196 e. The highest BCUT2D eigenvalue weighted by Gasteiger charge is 2.17. The number of para-hydroxylation sites is 3. The Morgan fingerprint density at radius 2 is 1.67 bits per heavy atom. The Morgan fingerprint density at radius 1 is 0.900 bits per heavy atom. The number of hydrogen-bond acceptors (Lipinski definition) is 5. The van der Waals surface area contributed by atoms with Crippen LogP contribution in [0.25, 0.3) is 28.1 Å². The van der Waals surface area contributed by atoms with Crippen LogP contribution in [0.1, 0.15) is 5.82 Å². The van der Waals surface area contributed by atoms with Crippen molar-refractivity contribution in [3.05, 3.63) is 84.7 Å². The number of aromatic nitrogens is 5. The molecule has 0 bridgehead atoms. The van der Waals surface area contributed by atoms with E-state index in [0.29, 0.717) is 5.75 Å². The number of ether oxygens (including phenoxy) is 1. The molecule has 2 heterocycles. The molecule has 6 nitrogen and oxygen atoms in total. The summed E-state index contributed by atoms with van der Waals surface area (Å²) in [6.45, 7) is 0. The fourth-order valence-electron chi connectivity index (χ4n) is 3.31. The van der Waals surface area contributed by atoms with Crippen LogP contribution in [-0.4, -0.2) is 31.8 Å². The van der Waals surface area contributed by atoms with Gasteiger partial charge in [0.2, 0.25) is 0 Å². The summed E-state index contributed by atoms with van der Waals surface area (Å²) in [5.74, 6) is 3.18. The summed E-state index contributed by atoms with van der Waals surface area (Å²) in [7, 11) is 1.66. The van der Waals surface area contributed by atoms with E-state index in [4.69, 9.17) is 4.74 Å². The zero-order valence-corrected chi connectivity index (χ0v) is 17.1. The number of aromatic amines is 1. The molecule has 0 aliphatic rings. The van der Waals surface area contributed by atoms with Crippen molar-refractivity contribution in [3.63, 3.8) is 0 Å². The number of imidazole rings is 1. The number of fused-ring (bicyclic) bond motifs is 1. The molecule has 0 radical (unpaired) electrons. The Hall–Kier alpha value is -3.58. The predicted octanol–water partition coefficient (Wildman–Crippen LogP) is 5.11. The third-order valence-electron chi connectivity index (χ3n) is 4.77. The third-order valence-corrected chi connectivity index (χ3v) is 5.71. The summed E-state index contributed by atoms with van der Waals surface area (Å²) < 4.78 is 7.36. The molecule has 0 saturated heterocycles. The average Bonchev–Trinajstić information content (AvgIpc) is 3.42. The second-order valence-corrected chi connectivity index (χ2v) is 7.64. The van der Waals surface area contributed by atoms with E-state index in [1.807, 2.05) is 66.7 Å². The molecule has 2 aromatic heterocycles. The van der Waals surface area contributed by atoms with Crippen molar-refractivity contribution in [2.75, 3.05) is 7.11 Å². The molecule has 1 N–H and O–H groups in total. The molecule has 0 unspecified atom stereocenters. The Bertz CT molecular complexity index is 1250. The molecule has 7 heteroatoms. The number of benzene rings is 3. The monoisotopic (exact) mass is 413 g/mol. The molecule has 0 aliphatic carbocycles. The predicted molar refractivity (Wildman–Crippen MR) is 119 cm³/mol. The van der Waals surface area contributed by atoms with Crippen LogP contribution in [0.4, 0.5) is 0 Å². The van der Waals surface area contributed by atoms with Crippen LogP contribution in [-0.2, 0) is 5.75 Å². The van der Waals surface area contributed by atoms with Crippen LogP contribution < -0.4 is 4.74 Å². The van der Waals surface area contributed by atoms with E-state index < -0.39 is 0 Å². The first-order valence-electron chi connectivity index (χ1n) is 9.53. The zero-order valence-electron chi connectivity index (χ0n) is 16.3. The molecule has 30 heavy (non-hydrogen) atoms. The maximum absolute atomic E-state index is 5.28. The van der Waals surface area contributed by atoms with Crippen LogP contribution in [0.2, 0.25) is 0 Å². The normalized spacial score (nSPS) is 11.1. The molecule has 0 amide bonds. The summed E-state index contributed by atoms with van der Waals surface area (Å²) in [6.07, 6.45) is 0. The van der Waals surface area contributed by atoms with Crippen molar-refractivity contribution in [1.29, 1.82) is 0 Å². The van der Waals surface area contributed by atoms with Crippen molar-refractivity contribution in [2.45, 2.75) is 10.9 Å². The lowest BCUT2D eigenvalue weighted by molar-refractivity contribution is 0.415. The lowest BCUT2D eigenvalue weighted by Crippen LogP contribution is -2.00. The number of nitrogens with zero attached hydrogens (tertiary/aromatic N) is 4. The highest BCUT2D eigenvalue weighted by atomic mass is 32.2. The quantitative estimate of drug-likeness (QED) is 0.392. The first-order valence-corrected chi connectivity index (χ1v) is 10.5. The Balaban J connectivity index is 1.50. The number of rotatable bonds is 6. The molecule has 0 fully saturated rings. The first kappa shape index (κ1) is 18.4. The molecule has 148 valence electrons. The minimum Gasteiger partial charge on any atom is -0.497 e. The molecular formula is C23H19N5OS. The Kier molecular flexibility index (Phi) is 4.94. The molecule has 0 aliphatic heterocycles. The summed E-state index contributed by atoms with van der Waals surface area (Å²) in [4.78, 5) is 8.04. The number of nitrogens with one attached hydrogen (secondary N) is 1. The van der Waals surface area contributed by atoms with Gasteiger partial charge in [0.25, 0.3) is 0 Å². The zero-order chi connectivity index (χ0) is 20.3. The van der Waals surface area contributed by atoms with Crippen molar-refractivity contribution < 1.29 is 4.74 Å². The van der Waals surface area contributed by atoms with Crippen molar-refractivity contribution in [1.82, 2.24) is 24.7 Å². The van der Waals surface area contributed by atoms with Gasteiger partial charge in [-0.25, -0.2) is 4.98 Å². The van der Waals surface area contributed by atoms with Crippen LogP contribution in [0, 0.1) is 0 Å². The highest BCUT2D eigenvalue weighted by Crippen LogP contribution is 2.30. The topological polar surface area (TPSA) is 68.6 Å². The maximum atomic E-state index is 5.28. The standard InChI is InChI=1S/C23H19N5OS/c1-29-18-13-11-16(12-14-18)22-26-27-23(28(22)17-7-3-2-4-8-17)30-15-21-24-19-9-5-6-10-20(19)25-21/h2-14H,15H2,1H3,(H,24,25). The second-order valence-electron chi connectivity index (χ2n) is 6.69. The first-order chi connectivity index (χ1) is 14.8. The molecule has 0 spiro atoms. The molecule has 3 aromatic carbocycles. The third kappa shape index (κ3) is 3.55. The highest BCUT2D eigenvalue weighted by molar-refractivity contribution is 7.98. The van der Waals surface area contributed by atoms with Gasteiger partial charge >= 0.3 is 0 Å². The lowest BCUT2D eigenvalue weighted by Gasteiger charge is -2.10. The van der Waals surface area contributed by atoms with Gasteiger partial charge in [-0.15, -0.1) is 10.2 Å². The van der Waals surface area contributed by atoms with Crippen molar-refractivity contribution >= 4 is 22.8 Å². The maximum Gasteiger partial charge on any atom is 0.196 e. The van der Waals surface area contributed by atoms with E-state index in [0.717, 1.165) is 44.8 Å². The van der Waals surface area contributed by atoms with Gasteiger partial charge in [0.15, 0.2) is 11.0 Å². The average molecular weight is 414 g/mol. The van der Waals surface area contributed by atoms with E-state index in [-0.39, 0.29) is 0 Å². The van der Waals surface area contributed by atoms with Gasteiger partial charge in [-0.3, -0.25) is 4.57 Å². The Labute approximate surface area is 178 Å². The van der Waals surface area contributed by atoms with E-state index >= 15 is 0 Å². The minimum atomic E-state index is 0.669. The summed E-state index contributed by atoms with van der Waals surface area (Å²) in [5.41, 5.74) is 4.00. The minimum absolute atomic E-state index is 0.669. The number of methoxy groups -OCH3 is 1. The van der Waals surface area contributed by atoms with E-state index in [2.05, 4.69) is 36.9 Å². The van der Waals surface area contributed by atoms with Crippen molar-refractivity contribution in [3.8, 4) is 22.8 Å². The van der Waals surface area contributed by atoms with Crippen LogP contribution >= 0.6 is 11.8 Å². The number of thioether (sulfide) groups is 1. The molecular weight excluding hydrogens is 394 g/mol. The van der Waals surface area contributed by atoms with Crippen LogP contribution in [0.15, 0.2) is 84.0 Å². The Morgan fingerprint density at radius 3 is 2.43 bits per heavy atom. The van der Waals surface area contributed by atoms with Gasteiger partial charge in [0.1, 0.15) is 11.6 Å². The van der Waals surface area contributed by atoms with Gasteiger partial charge < -0.3 is 9.72 Å². The van der Waals surface area contributed by atoms with Crippen molar-refractivity contribution in [2.24, 2.45) is 0 Å². The summed E-state index contributed by atoms with van der Waals surface area (Å²) in [6, 6.07) is 26.0. The molecule has 0 atom stereocenters. The van der Waals surface area contributed by atoms with Gasteiger partial charge in [0.05, 0.1) is 23.9 Å². The van der Waals surface area contributed by atoms with Crippen LogP contribution in [0.5, 0.6) is 5.75 Å². The second kappa shape index (κ2) is 8.04. The van der Waals surface area contributed by atoms with Gasteiger partial charge in [0, 0.05) is 11.3 Å². The lowest BCUT2D eigenvalue weighted by atomic mass is 10.2. The van der Waals surface area contributed by atoms with Gasteiger partial charge in [-0.1, -0.05) is 42.1 Å². The van der Waals surface area contributed by atoms with Gasteiger partial charge in [-0.2, -0.15) is 0 Å².